The molecule has 3 nitrogen and oxygen atoms in total. The van der Waals surface area contributed by atoms with Crippen LogP contribution in [0, 0.1) is 13.8 Å². The zero-order chi connectivity index (χ0) is 14.0. The van der Waals surface area contributed by atoms with E-state index < -0.39 is 0 Å². The summed E-state index contributed by atoms with van der Waals surface area (Å²) in [6, 6.07) is 4.00. The summed E-state index contributed by atoms with van der Waals surface area (Å²) in [5.74, 6) is 0. The van der Waals surface area contributed by atoms with Crippen LogP contribution < -0.4 is 5.73 Å². The van der Waals surface area contributed by atoms with Gasteiger partial charge in [0.2, 0.25) is 0 Å². The minimum absolute atomic E-state index is 0.784. The molecule has 0 atom stereocenters. The van der Waals surface area contributed by atoms with E-state index in [9.17, 15) is 0 Å². The Bertz CT molecular complexity index is 580. The van der Waals surface area contributed by atoms with Gasteiger partial charge in [-0.15, -0.1) is 11.3 Å². The second-order valence-corrected chi connectivity index (χ2v) is 6.60. The van der Waals surface area contributed by atoms with Crippen molar-refractivity contribution in [1.82, 2.24) is 9.88 Å². The summed E-state index contributed by atoms with van der Waals surface area (Å²) < 4.78 is 0.831. The van der Waals surface area contributed by atoms with Crippen molar-refractivity contribution < 1.29 is 0 Å². The smallest absolute Gasteiger partial charge is 0.0931 e. The number of pyridine rings is 1. The lowest BCUT2D eigenvalue weighted by Gasteiger charge is -2.17. The highest BCUT2D eigenvalue weighted by Crippen LogP contribution is 2.23. The molecule has 0 saturated heterocycles. The number of hydrogen-bond acceptors (Lipinski definition) is 4. The standard InChI is InChI=1S/C14H18ClN3S/c1-9-6-17-12(10(2)14(9)16)8-18(3)7-11-4-5-13(15)19-11/h4-6H,7-8H2,1-3H3,(H2,16,17). The first-order valence-corrected chi connectivity index (χ1v) is 7.30. The Morgan fingerprint density at radius 3 is 2.68 bits per heavy atom. The number of rotatable bonds is 4. The van der Waals surface area contributed by atoms with Gasteiger partial charge in [-0.25, -0.2) is 0 Å². The minimum atomic E-state index is 0.784. The van der Waals surface area contributed by atoms with Gasteiger partial charge in [-0.3, -0.25) is 9.88 Å². The zero-order valence-corrected chi connectivity index (χ0v) is 13.0. The van der Waals surface area contributed by atoms with E-state index in [1.54, 1.807) is 11.3 Å². The van der Waals surface area contributed by atoms with Gasteiger partial charge in [-0.2, -0.15) is 0 Å². The van der Waals surface area contributed by atoms with Crippen LogP contribution in [0.15, 0.2) is 18.3 Å². The fraction of sp³-hybridized carbons (Fsp3) is 0.357. The Hall–Kier alpha value is -1.10. The molecule has 0 spiro atoms. The quantitative estimate of drug-likeness (QED) is 0.936. The predicted octanol–water partition coefficient (Wildman–Crippen LogP) is 3.63. The molecule has 2 aromatic rings. The van der Waals surface area contributed by atoms with Gasteiger partial charge in [0.05, 0.1) is 10.0 Å². The van der Waals surface area contributed by atoms with E-state index >= 15 is 0 Å². The second kappa shape index (κ2) is 5.90. The molecule has 19 heavy (non-hydrogen) atoms. The number of halogens is 1. The maximum atomic E-state index is 6.04. The third kappa shape index (κ3) is 3.47. The molecule has 0 aliphatic heterocycles. The third-order valence-corrected chi connectivity index (χ3v) is 4.37. The van der Waals surface area contributed by atoms with E-state index in [0.29, 0.717) is 0 Å². The van der Waals surface area contributed by atoms with Gasteiger partial charge < -0.3 is 5.73 Å². The third-order valence-electron chi connectivity index (χ3n) is 3.15. The normalized spacial score (nSPS) is 11.2. The van der Waals surface area contributed by atoms with Crippen molar-refractivity contribution in [3.8, 4) is 0 Å². The molecular weight excluding hydrogens is 278 g/mol. The van der Waals surface area contributed by atoms with E-state index in [1.807, 2.05) is 26.1 Å². The molecule has 0 aromatic carbocycles. The van der Waals surface area contributed by atoms with Crippen molar-refractivity contribution >= 4 is 28.6 Å². The molecule has 0 radical (unpaired) electrons. The summed E-state index contributed by atoms with van der Waals surface area (Å²) in [5.41, 5.74) is 10.0. The van der Waals surface area contributed by atoms with E-state index in [1.165, 1.54) is 4.88 Å². The number of nitrogen functional groups attached to an aromatic ring is 1. The number of nitrogens with zero attached hydrogens (tertiary/aromatic N) is 2. The van der Waals surface area contributed by atoms with Crippen LogP contribution in [0.2, 0.25) is 4.34 Å². The van der Waals surface area contributed by atoms with Crippen molar-refractivity contribution in [3.05, 3.63) is 44.4 Å². The highest BCUT2D eigenvalue weighted by Gasteiger charge is 2.10. The highest BCUT2D eigenvalue weighted by molar-refractivity contribution is 7.16. The molecule has 0 bridgehead atoms. The molecule has 102 valence electrons. The Labute approximate surface area is 123 Å². The van der Waals surface area contributed by atoms with E-state index in [-0.39, 0.29) is 0 Å². The number of nitrogens with two attached hydrogens (primary N) is 1. The number of thiophene rings is 1. The maximum Gasteiger partial charge on any atom is 0.0931 e. The highest BCUT2D eigenvalue weighted by atomic mass is 35.5. The van der Waals surface area contributed by atoms with Gasteiger partial charge in [-0.05, 0) is 44.2 Å². The Morgan fingerprint density at radius 1 is 1.32 bits per heavy atom. The molecule has 0 amide bonds. The SMILES string of the molecule is Cc1cnc(CN(C)Cc2ccc(Cl)s2)c(C)c1N. The summed E-state index contributed by atoms with van der Waals surface area (Å²) in [6.07, 6.45) is 1.84. The van der Waals surface area contributed by atoms with E-state index in [4.69, 9.17) is 17.3 Å². The zero-order valence-electron chi connectivity index (χ0n) is 11.4. The van der Waals surface area contributed by atoms with Crippen LogP contribution in [0.5, 0.6) is 0 Å². The average molecular weight is 296 g/mol. The molecule has 2 heterocycles. The monoisotopic (exact) mass is 295 g/mol. The fourth-order valence-corrected chi connectivity index (χ4v) is 3.13. The Balaban J connectivity index is 2.07. The van der Waals surface area contributed by atoms with Gasteiger partial charge >= 0.3 is 0 Å². The van der Waals surface area contributed by atoms with Crippen LogP contribution in [0.1, 0.15) is 21.7 Å². The topological polar surface area (TPSA) is 42.2 Å². The average Bonchev–Trinajstić information content (AvgIpc) is 2.75. The number of anilines is 1. The van der Waals surface area contributed by atoms with Crippen LogP contribution in [0.25, 0.3) is 0 Å². The van der Waals surface area contributed by atoms with Crippen molar-refractivity contribution in [2.45, 2.75) is 26.9 Å². The molecule has 2 N–H and O–H groups in total. The lowest BCUT2D eigenvalue weighted by Crippen LogP contribution is -2.18. The molecule has 0 unspecified atom stereocenters. The molecule has 5 heteroatoms. The van der Waals surface area contributed by atoms with Gasteiger partial charge in [-0.1, -0.05) is 11.6 Å². The first-order valence-electron chi connectivity index (χ1n) is 6.10. The minimum Gasteiger partial charge on any atom is -0.398 e. The first kappa shape index (κ1) is 14.3. The summed E-state index contributed by atoms with van der Waals surface area (Å²) in [6.45, 7) is 5.66. The van der Waals surface area contributed by atoms with Crippen molar-refractivity contribution in [2.24, 2.45) is 0 Å². The molecule has 0 fully saturated rings. The molecule has 2 aromatic heterocycles. The van der Waals surface area contributed by atoms with Crippen LogP contribution in [-0.2, 0) is 13.1 Å². The largest absolute Gasteiger partial charge is 0.398 e. The lowest BCUT2D eigenvalue weighted by molar-refractivity contribution is 0.317. The molecular formula is C14H18ClN3S. The summed E-state index contributed by atoms with van der Waals surface area (Å²) in [4.78, 5) is 7.95. The van der Waals surface area contributed by atoms with Gasteiger partial charge in [0.1, 0.15) is 0 Å². The molecule has 2 rings (SSSR count). The van der Waals surface area contributed by atoms with Crippen LogP contribution >= 0.6 is 22.9 Å². The van der Waals surface area contributed by atoms with Gasteiger partial charge in [0, 0.05) is 29.9 Å². The lowest BCUT2D eigenvalue weighted by atomic mass is 10.1. The van der Waals surface area contributed by atoms with Crippen molar-refractivity contribution in [3.63, 3.8) is 0 Å². The number of hydrogen-bond donors (Lipinski definition) is 1. The van der Waals surface area contributed by atoms with Crippen LogP contribution in [0.4, 0.5) is 5.69 Å². The molecule has 0 aliphatic rings. The van der Waals surface area contributed by atoms with E-state index in [2.05, 4.69) is 23.0 Å². The summed E-state index contributed by atoms with van der Waals surface area (Å²) in [7, 11) is 2.07. The summed E-state index contributed by atoms with van der Waals surface area (Å²) in [5, 5.41) is 0. The van der Waals surface area contributed by atoms with Crippen LogP contribution in [-0.4, -0.2) is 16.9 Å². The molecule has 0 saturated carbocycles. The predicted molar refractivity (Wildman–Crippen MR) is 82.6 cm³/mol. The van der Waals surface area contributed by atoms with Gasteiger partial charge in [0.15, 0.2) is 0 Å². The number of aryl methyl sites for hydroxylation is 1. The van der Waals surface area contributed by atoms with Crippen molar-refractivity contribution in [1.29, 1.82) is 0 Å². The van der Waals surface area contributed by atoms with E-state index in [0.717, 1.165) is 39.9 Å². The van der Waals surface area contributed by atoms with Crippen LogP contribution in [0.3, 0.4) is 0 Å². The number of aromatic nitrogens is 1. The maximum absolute atomic E-state index is 6.04. The Kier molecular flexibility index (Phi) is 4.45. The Morgan fingerprint density at radius 2 is 2.05 bits per heavy atom. The molecule has 0 aliphatic carbocycles. The fourth-order valence-electron chi connectivity index (χ4n) is 1.97. The first-order chi connectivity index (χ1) is 8.97. The van der Waals surface area contributed by atoms with Gasteiger partial charge in [0.25, 0.3) is 0 Å². The second-order valence-electron chi connectivity index (χ2n) is 4.80. The summed E-state index contributed by atoms with van der Waals surface area (Å²) >= 11 is 7.55. The van der Waals surface area contributed by atoms with Crippen molar-refractivity contribution in [2.75, 3.05) is 12.8 Å².